The number of carbonyl (C=O) groups is 1. The van der Waals surface area contributed by atoms with Crippen molar-refractivity contribution in [2.24, 2.45) is 0 Å². The van der Waals surface area contributed by atoms with E-state index in [0.717, 1.165) is 19.3 Å². The van der Waals surface area contributed by atoms with Gasteiger partial charge in [0, 0.05) is 0 Å². The molecule has 1 atom stereocenters. The molecule has 1 heterocycles. The lowest BCUT2D eigenvalue weighted by molar-refractivity contribution is -0.113. The summed E-state index contributed by atoms with van der Waals surface area (Å²) < 4.78 is 0. The summed E-state index contributed by atoms with van der Waals surface area (Å²) in [4.78, 5) is 10.4. The van der Waals surface area contributed by atoms with Gasteiger partial charge < -0.3 is 10.1 Å². The van der Waals surface area contributed by atoms with Gasteiger partial charge in [0.1, 0.15) is 6.29 Å². The zero-order chi connectivity index (χ0) is 10.7. The van der Waals surface area contributed by atoms with E-state index in [2.05, 4.69) is 5.32 Å². The van der Waals surface area contributed by atoms with E-state index < -0.39 is 0 Å². The minimum absolute atomic E-state index is 0.210. The lowest BCUT2D eigenvalue weighted by Gasteiger charge is -2.28. The second-order valence-electron chi connectivity index (χ2n) is 2.92. The Balaban J connectivity index is 0. The van der Waals surface area contributed by atoms with Crippen molar-refractivity contribution < 1.29 is 4.79 Å². The fraction of sp³-hybridized carbons (Fsp3) is 0.909. The van der Waals surface area contributed by atoms with Gasteiger partial charge in [-0.25, -0.2) is 0 Å². The van der Waals surface area contributed by atoms with E-state index in [0.29, 0.717) is 0 Å². The Hall–Kier alpha value is -0.370. The van der Waals surface area contributed by atoms with E-state index in [4.69, 9.17) is 0 Å². The summed E-state index contributed by atoms with van der Waals surface area (Å²) in [5.41, 5.74) is -0.210. The average molecular weight is 187 g/mol. The van der Waals surface area contributed by atoms with E-state index in [9.17, 15) is 4.79 Å². The van der Waals surface area contributed by atoms with Crippen LogP contribution in [-0.2, 0) is 4.79 Å². The molecule has 0 aromatic carbocycles. The molecule has 0 amide bonds. The highest BCUT2D eigenvalue weighted by Crippen LogP contribution is 2.15. The average Bonchev–Trinajstić information content (AvgIpc) is 2.25. The van der Waals surface area contributed by atoms with E-state index in [1.54, 1.807) is 0 Å². The molecule has 2 nitrogen and oxygen atoms in total. The van der Waals surface area contributed by atoms with Crippen molar-refractivity contribution in [1.82, 2.24) is 5.32 Å². The zero-order valence-corrected chi connectivity index (χ0v) is 9.81. The summed E-state index contributed by atoms with van der Waals surface area (Å²) in [5.74, 6) is 0. The van der Waals surface area contributed by atoms with E-state index in [-0.39, 0.29) is 5.54 Å². The highest BCUT2D eigenvalue weighted by atomic mass is 16.1. The number of hydrogen-bond acceptors (Lipinski definition) is 2. The fourth-order valence-corrected chi connectivity index (χ4v) is 1.18. The Morgan fingerprint density at radius 1 is 1.15 bits per heavy atom. The minimum Gasteiger partial charge on any atom is -0.305 e. The van der Waals surface area contributed by atoms with E-state index in [1.807, 2.05) is 34.6 Å². The maximum atomic E-state index is 10.4. The molecule has 0 saturated carbocycles. The smallest absolute Gasteiger partial charge is 0.139 e. The number of aldehydes is 1. The molecule has 0 aromatic rings. The summed E-state index contributed by atoms with van der Waals surface area (Å²) in [5, 5.41) is 3.18. The van der Waals surface area contributed by atoms with Crippen molar-refractivity contribution in [2.75, 3.05) is 6.54 Å². The van der Waals surface area contributed by atoms with Crippen molar-refractivity contribution >= 4 is 6.29 Å². The van der Waals surface area contributed by atoms with Crippen molar-refractivity contribution in [3.8, 4) is 0 Å². The molecule has 2 heteroatoms. The lowest BCUT2D eigenvalue weighted by atomic mass is 9.93. The SMILES string of the molecule is CC.CC.CC1(C=O)CCCCN1. The van der Waals surface area contributed by atoms with Crippen LogP contribution in [0, 0.1) is 0 Å². The van der Waals surface area contributed by atoms with Crippen molar-refractivity contribution in [1.29, 1.82) is 0 Å². The first-order chi connectivity index (χ1) is 6.27. The van der Waals surface area contributed by atoms with Gasteiger partial charge in [-0.15, -0.1) is 0 Å². The van der Waals surface area contributed by atoms with Crippen molar-refractivity contribution in [3.05, 3.63) is 0 Å². The first kappa shape index (κ1) is 15.1. The zero-order valence-electron chi connectivity index (χ0n) is 9.81. The highest BCUT2D eigenvalue weighted by Gasteiger charge is 2.24. The van der Waals surface area contributed by atoms with Gasteiger partial charge in [0.2, 0.25) is 0 Å². The molecule has 80 valence electrons. The van der Waals surface area contributed by atoms with Crippen LogP contribution in [0.4, 0.5) is 0 Å². The molecule has 1 aliphatic rings. The van der Waals surface area contributed by atoms with Crippen LogP contribution in [0.1, 0.15) is 53.9 Å². The predicted octanol–water partition coefficient (Wildman–Crippen LogP) is 2.77. The van der Waals surface area contributed by atoms with Crippen LogP contribution in [0.25, 0.3) is 0 Å². The molecule has 1 rings (SSSR count). The molecule has 0 aliphatic carbocycles. The molecule has 0 radical (unpaired) electrons. The highest BCUT2D eigenvalue weighted by molar-refractivity contribution is 5.63. The lowest BCUT2D eigenvalue weighted by Crippen LogP contribution is -2.47. The number of piperidine rings is 1. The Morgan fingerprint density at radius 3 is 1.92 bits per heavy atom. The van der Waals surface area contributed by atoms with Crippen LogP contribution in [-0.4, -0.2) is 18.4 Å². The molecule has 1 fully saturated rings. The number of nitrogens with one attached hydrogen (secondary N) is 1. The number of rotatable bonds is 1. The molecule has 1 unspecified atom stereocenters. The van der Waals surface area contributed by atoms with Gasteiger partial charge >= 0.3 is 0 Å². The van der Waals surface area contributed by atoms with Crippen LogP contribution in [0.5, 0.6) is 0 Å². The quantitative estimate of drug-likeness (QED) is 0.640. The number of hydrogen-bond donors (Lipinski definition) is 1. The molecule has 13 heavy (non-hydrogen) atoms. The van der Waals surface area contributed by atoms with Crippen LogP contribution in [0.3, 0.4) is 0 Å². The van der Waals surface area contributed by atoms with Gasteiger partial charge in [-0.2, -0.15) is 0 Å². The van der Waals surface area contributed by atoms with Gasteiger partial charge in [-0.3, -0.25) is 0 Å². The normalized spacial score (nSPS) is 25.9. The monoisotopic (exact) mass is 187 g/mol. The predicted molar refractivity (Wildman–Crippen MR) is 59.0 cm³/mol. The van der Waals surface area contributed by atoms with Crippen LogP contribution < -0.4 is 5.32 Å². The third kappa shape index (κ3) is 6.76. The molecule has 1 saturated heterocycles. The number of carbonyl (C=O) groups excluding carboxylic acids is 1. The summed E-state index contributed by atoms with van der Waals surface area (Å²) >= 11 is 0. The third-order valence-corrected chi connectivity index (χ3v) is 1.91. The minimum atomic E-state index is -0.210. The topological polar surface area (TPSA) is 29.1 Å². The van der Waals surface area contributed by atoms with Gasteiger partial charge in [0.15, 0.2) is 0 Å². The largest absolute Gasteiger partial charge is 0.305 e. The summed E-state index contributed by atoms with van der Waals surface area (Å²) in [6, 6.07) is 0. The molecule has 0 bridgehead atoms. The summed E-state index contributed by atoms with van der Waals surface area (Å²) in [6.07, 6.45) is 4.41. The van der Waals surface area contributed by atoms with Crippen LogP contribution in [0.15, 0.2) is 0 Å². The Kier molecular flexibility index (Phi) is 11.3. The van der Waals surface area contributed by atoms with Crippen molar-refractivity contribution in [3.63, 3.8) is 0 Å². The first-order valence-electron chi connectivity index (χ1n) is 5.48. The summed E-state index contributed by atoms with van der Waals surface area (Å²) in [6.45, 7) is 11.0. The van der Waals surface area contributed by atoms with Gasteiger partial charge in [-0.1, -0.05) is 27.7 Å². The Labute approximate surface area is 83.1 Å². The maximum Gasteiger partial charge on any atom is 0.139 e. The molecule has 0 spiro atoms. The second-order valence-corrected chi connectivity index (χ2v) is 2.92. The maximum absolute atomic E-state index is 10.4. The molecule has 1 aliphatic heterocycles. The Bertz CT molecular complexity index is 107. The first-order valence-corrected chi connectivity index (χ1v) is 5.48. The third-order valence-electron chi connectivity index (χ3n) is 1.91. The molecular weight excluding hydrogens is 162 g/mol. The fourth-order valence-electron chi connectivity index (χ4n) is 1.18. The summed E-state index contributed by atoms with van der Waals surface area (Å²) in [7, 11) is 0. The van der Waals surface area contributed by atoms with E-state index in [1.165, 1.54) is 12.8 Å². The standard InChI is InChI=1S/C7H13NO.2C2H6/c1-7(6-9)4-2-3-5-8-7;2*1-2/h6,8H,2-5H2,1H3;2*1-2H3. The Morgan fingerprint density at radius 2 is 1.69 bits per heavy atom. The van der Waals surface area contributed by atoms with Crippen LogP contribution in [0.2, 0.25) is 0 Å². The van der Waals surface area contributed by atoms with E-state index >= 15 is 0 Å². The van der Waals surface area contributed by atoms with Gasteiger partial charge in [0.25, 0.3) is 0 Å². The molecular formula is C11H25NO. The van der Waals surface area contributed by atoms with Gasteiger partial charge in [0.05, 0.1) is 5.54 Å². The van der Waals surface area contributed by atoms with Crippen molar-refractivity contribution in [2.45, 2.75) is 59.4 Å². The molecule has 1 N–H and O–H groups in total. The second kappa shape index (κ2) is 9.72. The van der Waals surface area contributed by atoms with Gasteiger partial charge in [-0.05, 0) is 32.7 Å². The van der Waals surface area contributed by atoms with Crippen LogP contribution >= 0.6 is 0 Å². The molecule has 0 aromatic heterocycles.